The van der Waals surface area contributed by atoms with E-state index in [2.05, 4.69) is 4.98 Å². The van der Waals surface area contributed by atoms with E-state index in [-0.39, 0.29) is 6.10 Å². The standard InChI is InChI=1S/C12H15NO2/c1-9(8-14-2)15-11-3-4-12-10(7-11)5-6-13-12/h3-7,9,13H,8H2,1-2H3. The molecule has 3 heteroatoms. The molecule has 0 radical (unpaired) electrons. The van der Waals surface area contributed by atoms with Crippen molar-refractivity contribution in [3.8, 4) is 5.75 Å². The first kappa shape index (κ1) is 10.1. The lowest BCUT2D eigenvalue weighted by molar-refractivity contribution is 0.0922. The second kappa shape index (κ2) is 4.36. The van der Waals surface area contributed by atoms with Gasteiger partial charge in [0.1, 0.15) is 11.9 Å². The second-order valence-corrected chi connectivity index (χ2v) is 3.61. The van der Waals surface area contributed by atoms with E-state index >= 15 is 0 Å². The monoisotopic (exact) mass is 205 g/mol. The van der Waals surface area contributed by atoms with E-state index in [0.717, 1.165) is 16.7 Å². The molecule has 1 heterocycles. The Bertz CT molecular complexity index is 436. The summed E-state index contributed by atoms with van der Waals surface area (Å²) in [5.74, 6) is 0.881. The Morgan fingerprint density at radius 3 is 3.00 bits per heavy atom. The van der Waals surface area contributed by atoms with Gasteiger partial charge in [-0.2, -0.15) is 0 Å². The van der Waals surface area contributed by atoms with Crippen LogP contribution in [-0.2, 0) is 4.74 Å². The lowest BCUT2D eigenvalue weighted by atomic mass is 10.2. The van der Waals surface area contributed by atoms with E-state index < -0.39 is 0 Å². The Morgan fingerprint density at radius 1 is 1.33 bits per heavy atom. The highest BCUT2D eigenvalue weighted by atomic mass is 16.5. The number of H-pyrrole nitrogens is 1. The van der Waals surface area contributed by atoms with E-state index in [0.29, 0.717) is 6.61 Å². The number of methoxy groups -OCH3 is 1. The maximum absolute atomic E-state index is 5.69. The van der Waals surface area contributed by atoms with Gasteiger partial charge < -0.3 is 14.5 Å². The Hall–Kier alpha value is -1.48. The SMILES string of the molecule is COCC(C)Oc1ccc2[nH]ccc2c1. The number of aromatic amines is 1. The van der Waals surface area contributed by atoms with E-state index in [4.69, 9.17) is 9.47 Å². The molecular weight excluding hydrogens is 190 g/mol. The fourth-order valence-corrected chi connectivity index (χ4v) is 1.61. The van der Waals surface area contributed by atoms with Gasteiger partial charge >= 0.3 is 0 Å². The van der Waals surface area contributed by atoms with Crippen molar-refractivity contribution in [3.05, 3.63) is 30.5 Å². The molecule has 0 saturated carbocycles. The molecule has 0 amide bonds. The first-order valence-corrected chi connectivity index (χ1v) is 5.02. The van der Waals surface area contributed by atoms with Gasteiger partial charge in [0.2, 0.25) is 0 Å². The van der Waals surface area contributed by atoms with Crippen molar-refractivity contribution in [1.82, 2.24) is 4.98 Å². The van der Waals surface area contributed by atoms with Gasteiger partial charge in [-0.25, -0.2) is 0 Å². The zero-order chi connectivity index (χ0) is 10.7. The minimum atomic E-state index is 0.0754. The Morgan fingerprint density at radius 2 is 2.20 bits per heavy atom. The molecule has 0 aliphatic carbocycles. The molecule has 15 heavy (non-hydrogen) atoms. The average Bonchev–Trinajstić information content (AvgIpc) is 2.65. The Kier molecular flexibility index (Phi) is 2.92. The molecule has 2 aromatic rings. The van der Waals surface area contributed by atoms with E-state index in [1.807, 2.05) is 37.4 Å². The third-order valence-corrected chi connectivity index (χ3v) is 2.26. The quantitative estimate of drug-likeness (QED) is 0.832. The number of hydrogen-bond donors (Lipinski definition) is 1. The summed E-state index contributed by atoms with van der Waals surface area (Å²) in [7, 11) is 1.68. The van der Waals surface area contributed by atoms with Gasteiger partial charge in [0.15, 0.2) is 0 Å². The van der Waals surface area contributed by atoms with Gasteiger partial charge in [-0.1, -0.05) is 0 Å². The highest BCUT2D eigenvalue weighted by Gasteiger charge is 2.04. The van der Waals surface area contributed by atoms with Crippen molar-refractivity contribution in [2.24, 2.45) is 0 Å². The zero-order valence-corrected chi connectivity index (χ0v) is 8.99. The molecule has 0 spiro atoms. The molecule has 1 unspecified atom stereocenters. The smallest absolute Gasteiger partial charge is 0.120 e. The highest BCUT2D eigenvalue weighted by molar-refractivity contribution is 5.80. The van der Waals surface area contributed by atoms with Crippen LogP contribution >= 0.6 is 0 Å². The lowest BCUT2D eigenvalue weighted by Gasteiger charge is -2.13. The van der Waals surface area contributed by atoms with E-state index in [1.165, 1.54) is 0 Å². The summed E-state index contributed by atoms with van der Waals surface area (Å²) in [5, 5.41) is 1.16. The number of benzene rings is 1. The molecule has 0 fully saturated rings. The van der Waals surface area contributed by atoms with Crippen molar-refractivity contribution in [3.63, 3.8) is 0 Å². The van der Waals surface area contributed by atoms with Crippen LogP contribution in [-0.4, -0.2) is 24.8 Å². The van der Waals surface area contributed by atoms with Crippen molar-refractivity contribution in [1.29, 1.82) is 0 Å². The lowest BCUT2D eigenvalue weighted by Crippen LogP contribution is -2.17. The molecule has 0 aliphatic rings. The summed E-state index contributed by atoms with van der Waals surface area (Å²) in [6.45, 7) is 2.59. The van der Waals surface area contributed by atoms with Crippen LogP contribution in [0.1, 0.15) is 6.92 Å². The van der Waals surface area contributed by atoms with Gasteiger partial charge in [0.05, 0.1) is 6.61 Å². The Balaban J connectivity index is 2.14. The van der Waals surface area contributed by atoms with Crippen LogP contribution in [0.5, 0.6) is 5.75 Å². The molecule has 0 saturated heterocycles. The largest absolute Gasteiger partial charge is 0.488 e. The van der Waals surface area contributed by atoms with Crippen molar-refractivity contribution in [2.45, 2.75) is 13.0 Å². The molecule has 3 nitrogen and oxygen atoms in total. The fraction of sp³-hybridized carbons (Fsp3) is 0.333. The molecule has 2 rings (SSSR count). The van der Waals surface area contributed by atoms with Gasteiger partial charge in [0, 0.05) is 24.2 Å². The first-order valence-electron chi connectivity index (χ1n) is 5.02. The predicted octanol–water partition coefficient (Wildman–Crippen LogP) is 2.58. The van der Waals surface area contributed by atoms with Gasteiger partial charge in [-0.3, -0.25) is 0 Å². The van der Waals surface area contributed by atoms with Crippen LogP contribution in [0.25, 0.3) is 10.9 Å². The average molecular weight is 205 g/mol. The maximum atomic E-state index is 5.69. The minimum Gasteiger partial charge on any atom is -0.488 e. The van der Waals surface area contributed by atoms with Crippen LogP contribution in [0.4, 0.5) is 0 Å². The molecule has 1 aromatic carbocycles. The van der Waals surface area contributed by atoms with Crippen LogP contribution in [0.2, 0.25) is 0 Å². The third kappa shape index (κ3) is 2.30. The van der Waals surface area contributed by atoms with Gasteiger partial charge in [0.25, 0.3) is 0 Å². The molecule has 1 N–H and O–H groups in total. The Labute approximate surface area is 89.0 Å². The third-order valence-electron chi connectivity index (χ3n) is 2.26. The molecule has 80 valence electrons. The van der Waals surface area contributed by atoms with Crippen LogP contribution in [0.15, 0.2) is 30.5 Å². The molecule has 1 atom stereocenters. The summed E-state index contributed by atoms with van der Waals surface area (Å²) in [5.41, 5.74) is 1.13. The number of ether oxygens (including phenoxy) is 2. The van der Waals surface area contributed by atoms with Crippen LogP contribution < -0.4 is 4.74 Å². The number of aromatic nitrogens is 1. The number of rotatable bonds is 4. The summed E-state index contributed by atoms with van der Waals surface area (Å²) in [4.78, 5) is 3.14. The topological polar surface area (TPSA) is 34.2 Å². The normalized spacial score (nSPS) is 12.9. The summed E-state index contributed by atoms with van der Waals surface area (Å²) in [6.07, 6.45) is 2.00. The minimum absolute atomic E-state index is 0.0754. The number of hydrogen-bond acceptors (Lipinski definition) is 2. The maximum Gasteiger partial charge on any atom is 0.120 e. The summed E-state index contributed by atoms with van der Waals surface area (Å²) < 4.78 is 10.7. The van der Waals surface area contributed by atoms with E-state index in [1.54, 1.807) is 7.11 Å². The van der Waals surface area contributed by atoms with Gasteiger partial charge in [-0.15, -0.1) is 0 Å². The zero-order valence-electron chi connectivity index (χ0n) is 8.99. The van der Waals surface area contributed by atoms with Crippen molar-refractivity contribution >= 4 is 10.9 Å². The number of nitrogens with one attached hydrogen (secondary N) is 1. The first-order chi connectivity index (χ1) is 7.29. The highest BCUT2D eigenvalue weighted by Crippen LogP contribution is 2.20. The van der Waals surface area contributed by atoms with Crippen molar-refractivity contribution < 1.29 is 9.47 Å². The fourth-order valence-electron chi connectivity index (χ4n) is 1.61. The molecular formula is C12H15NO2. The number of fused-ring (bicyclic) bond motifs is 1. The van der Waals surface area contributed by atoms with Gasteiger partial charge in [-0.05, 0) is 31.2 Å². The van der Waals surface area contributed by atoms with Crippen LogP contribution in [0.3, 0.4) is 0 Å². The molecule has 0 aliphatic heterocycles. The summed E-state index contributed by atoms with van der Waals surface area (Å²) >= 11 is 0. The van der Waals surface area contributed by atoms with E-state index in [9.17, 15) is 0 Å². The molecule has 1 aromatic heterocycles. The molecule has 0 bridgehead atoms. The second-order valence-electron chi connectivity index (χ2n) is 3.61. The predicted molar refractivity (Wildman–Crippen MR) is 60.3 cm³/mol. The van der Waals surface area contributed by atoms with Crippen molar-refractivity contribution in [2.75, 3.05) is 13.7 Å². The van der Waals surface area contributed by atoms with Crippen LogP contribution in [0, 0.1) is 0 Å². The summed E-state index contributed by atoms with van der Waals surface area (Å²) in [6, 6.07) is 8.04.